The molecule has 0 fully saturated rings. The molecule has 2 aromatic rings. The topological polar surface area (TPSA) is 42.0 Å². The van der Waals surface area contributed by atoms with Crippen molar-refractivity contribution in [1.82, 2.24) is 4.90 Å². The molecule has 0 N–H and O–H groups in total. The number of carbonyl (C=O) groups is 1. The molecule has 0 atom stereocenters. The summed E-state index contributed by atoms with van der Waals surface area (Å²) in [6, 6.07) is 11.0. The second kappa shape index (κ2) is 9.05. The Morgan fingerprint density at radius 3 is 2.62 bits per heavy atom. The van der Waals surface area contributed by atoms with Gasteiger partial charge >= 0.3 is 6.09 Å². The number of hydrogen-bond donors (Lipinski definition) is 0. The predicted molar refractivity (Wildman–Crippen MR) is 130 cm³/mol. The summed E-state index contributed by atoms with van der Waals surface area (Å²) in [6.07, 6.45) is 2.48. The first kappa shape index (κ1) is 22.5. The second-order valence-electron chi connectivity index (χ2n) is 9.91. The van der Waals surface area contributed by atoms with Gasteiger partial charge in [-0.2, -0.15) is 0 Å². The number of ether oxygens (including phenoxy) is 2. The van der Waals surface area contributed by atoms with Crippen LogP contribution in [0.4, 0.5) is 10.5 Å². The summed E-state index contributed by atoms with van der Waals surface area (Å²) in [6.45, 7) is 14.1. The molecule has 1 amide bonds. The Bertz CT molecular complexity index is 993. The highest BCUT2D eigenvalue weighted by molar-refractivity contribution is 5.88. The van der Waals surface area contributed by atoms with Crippen LogP contribution in [-0.4, -0.2) is 49.4 Å². The van der Waals surface area contributed by atoms with E-state index in [9.17, 15) is 4.79 Å². The van der Waals surface area contributed by atoms with Crippen molar-refractivity contribution in [2.24, 2.45) is 0 Å². The summed E-state index contributed by atoms with van der Waals surface area (Å²) in [5.41, 5.74) is 7.11. The molecule has 0 unspecified atom stereocenters. The van der Waals surface area contributed by atoms with Crippen LogP contribution in [0.3, 0.4) is 0 Å². The normalized spacial score (nSPS) is 16.0. The van der Waals surface area contributed by atoms with Gasteiger partial charge in [0, 0.05) is 25.2 Å². The number of fused-ring (bicyclic) bond motifs is 2. The zero-order valence-electron chi connectivity index (χ0n) is 20.2. The number of aryl methyl sites for hydroxylation is 1. The fourth-order valence-corrected chi connectivity index (χ4v) is 4.78. The number of nitrogens with zero attached hydrogens (tertiary/aromatic N) is 2. The third-order valence-electron chi connectivity index (χ3n) is 6.13. The molecular weight excluding hydrogens is 400 g/mol. The van der Waals surface area contributed by atoms with Gasteiger partial charge in [0.2, 0.25) is 0 Å². The standard InChI is InChI=1S/C27H36N2O3/c1-6-12-28-15-16-31-23-18-20-10-13-29(26(30)32-27(3,4)5)14-11-22(20)24(25(23)28)21-9-7-8-19(2)17-21/h7-9,17-18H,6,10-16H2,1-5H3. The van der Waals surface area contributed by atoms with Gasteiger partial charge in [0.25, 0.3) is 0 Å². The Morgan fingerprint density at radius 2 is 1.91 bits per heavy atom. The molecular formula is C27H36N2O3. The highest BCUT2D eigenvalue weighted by Crippen LogP contribution is 2.46. The molecule has 2 heterocycles. The lowest BCUT2D eigenvalue weighted by Crippen LogP contribution is -2.38. The summed E-state index contributed by atoms with van der Waals surface area (Å²) < 4.78 is 11.9. The maximum atomic E-state index is 12.8. The molecule has 4 rings (SSSR count). The van der Waals surface area contributed by atoms with Gasteiger partial charge in [-0.25, -0.2) is 4.79 Å². The van der Waals surface area contributed by atoms with Crippen molar-refractivity contribution in [3.63, 3.8) is 0 Å². The molecule has 5 heteroatoms. The smallest absolute Gasteiger partial charge is 0.410 e. The maximum absolute atomic E-state index is 12.8. The van der Waals surface area contributed by atoms with Crippen LogP contribution in [-0.2, 0) is 17.6 Å². The average Bonchev–Trinajstić information content (AvgIpc) is 2.94. The maximum Gasteiger partial charge on any atom is 0.410 e. The van der Waals surface area contributed by atoms with Gasteiger partial charge in [0.05, 0.1) is 12.2 Å². The Kier molecular flexibility index (Phi) is 6.36. The van der Waals surface area contributed by atoms with E-state index in [0.29, 0.717) is 19.7 Å². The van der Waals surface area contributed by atoms with E-state index in [1.165, 1.54) is 33.5 Å². The molecule has 0 aliphatic carbocycles. The zero-order valence-corrected chi connectivity index (χ0v) is 20.2. The highest BCUT2D eigenvalue weighted by Gasteiger charge is 2.30. The van der Waals surface area contributed by atoms with Crippen LogP contribution in [0.25, 0.3) is 11.1 Å². The van der Waals surface area contributed by atoms with E-state index in [4.69, 9.17) is 9.47 Å². The molecule has 172 valence electrons. The number of rotatable bonds is 3. The van der Waals surface area contributed by atoms with Gasteiger partial charge in [-0.1, -0.05) is 36.8 Å². The zero-order chi connectivity index (χ0) is 22.9. The number of anilines is 1. The van der Waals surface area contributed by atoms with Crippen LogP contribution < -0.4 is 9.64 Å². The third-order valence-corrected chi connectivity index (χ3v) is 6.13. The first-order chi connectivity index (χ1) is 15.3. The predicted octanol–water partition coefficient (Wildman–Crippen LogP) is 5.61. The van der Waals surface area contributed by atoms with Crippen molar-refractivity contribution in [3.05, 3.63) is 47.0 Å². The fourth-order valence-electron chi connectivity index (χ4n) is 4.78. The summed E-state index contributed by atoms with van der Waals surface area (Å²) >= 11 is 0. The summed E-state index contributed by atoms with van der Waals surface area (Å²) in [5.74, 6) is 0.977. The summed E-state index contributed by atoms with van der Waals surface area (Å²) in [5, 5.41) is 0. The number of benzene rings is 2. The highest BCUT2D eigenvalue weighted by atomic mass is 16.6. The molecule has 5 nitrogen and oxygen atoms in total. The number of hydrogen-bond acceptors (Lipinski definition) is 4. The quantitative estimate of drug-likeness (QED) is 0.627. The van der Waals surface area contributed by atoms with E-state index < -0.39 is 5.60 Å². The van der Waals surface area contributed by atoms with Crippen LogP contribution in [0.5, 0.6) is 5.75 Å². The van der Waals surface area contributed by atoms with Crippen LogP contribution in [0, 0.1) is 6.92 Å². The Morgan fingerprint density at radius 1 is 1.12 bits per heavy atom. The Balaban J connectivity index is 1.79. The Labute approximate surface area is 192 Å². The lowest BCUT2D eigenvalue weighted by Gasteiger charge is -2.35. The van der Waals surface area contributed by atoms with Crippen molar-refractivity contribution in [3.8, 4) is 16.9 Å². The monoisotopic (exact) mass is 436 g/mol. The molecule has 0 aromatic heterocycles. The van der Waals surface area contributed by atoms with Gasteiger partial charge in [0.15, 0.2) is 0 Å². The van der Waals surface area contributed by atoms with E-state index >= 15 is 0 Å². The van der Waals surface area contributed by atoms with Crippen molar-refractivity contribution in [2.45, 2.75) is 59.5 Å². The van der Waals surface area contributed by atoms with Crippen molar-refractivity contribution < 1.29 is 14.3 Å². The van der Waals surface area contributed by atoms with E-state index in [1.807, 2.05) is 25.7 Å². The van der Waals surface area contributed by atoms with E-state index in [-0.39, 0.29) is 6.09 Å². The SMILES string of the molecule is CCCN1CCOc2cc3c(c(-c4cccc(C)c4)c21)CCN(C(=O)OC(C)(C)C)CC3. The van der Waals surface area contributed by atoms with Crippen LogP contribution >= 0.6 is 0 Å². The van der Waals surface area contributed by atoms with Gasteiger partial charge in [-0.3, -0.25) is 0 Å². The minimum Gasteiger partial charge on any atom is -0.490 e. The second-order valence-corrected chi connectivity index (χ2v) is 9.91. The lowest BCUT2D eigenvalue weighted by molar-refractivity contribution is 0.0258. The molecule has 2 aromatic carbocycles. The summed E-state index contributed by atoms with van der Waals surface area (Å²) in [7, 11) is 0. The van der Waals surface area contributed by atoms with Gasteiger partial charge in [0.1, 0.15) is 18.0 Å². The van der Waals surface area contributed by atoms with E-state index in [2.05, 4.69) is 49.1 Å². The molecule has 2 aliphatic heterocycles. The molecule has 0 saturated carbocycles. The van der Waals surface area contributed by atoms with Gasteiger partial charge in [-0.15, -0.1) is 0 Å². The van der Waals surface area contributed by atoms with Crippen LogP contribution in [0.2, 0.25) is 0 Å². The Hall–Kier alpha value is -2.69. The van der Waals surface area contributed by atoms with E-state index in [1.54, 1.807) is 0 Å². The molecule has 0 bridgehead atoms. The lowest BCUT2D eigenvalue weighted by atomic mass is 9.89. The van der Waals surface area contributed by atoms with E-state index in [0.717, 1.165) is 38.1 Å². The first-order valence-electron chi connectivity index (χ1n) is 11.9. The largest absolute Gasteiger partial charge is 0.490 e. The third kappa shape index (κ3) is 4.72. The molecule has 0 spiro atoms. The molecule has 0 saturated heterocycles. The molecule has 32 heavy (non-hydrogen) atoms. The fraction of sp³-hybridized carbons (Fsp3) is 0.519. The van der Waals surface area contributed by atoms with Crippen molar-refractivity contribution in [1.29, 1.82) is 0 Å². The number of carbonyl (C=O) groups excluding carboxylic acids is 1. The molecule has 2 aliphatic rings. The first-order valence-corrected chi connectivity index (χ1v) is 11.9. The summed E-state index contributed by atoms with van der Waals surface area (Å²) in [4.78, 5) is 17.1. The van der Waals surface area contributed by atoms with Crippen molar-refractivity contribution >= 4 is 11.8 Å². The minimum absolute atomic E-state index is 0.226. The minimum atomic E-state index is -0.490. The van der Waals surface area contributed by atoms with Crippen LogP contribution in [0.1, 0.15) is 50.8 Å². The van der Waals surface area contributed by atoms with Crippen LogP contribution in [0.15, 0.2) is 30.3 Å². The number of amides is 1. The molecule has 0 radical (unpaired) electrons. The van der Waals surface area contributed by atoms with Gasteiger partial charge < -0.3 is 19.3 Å². The average molecular weight is 437 g/mol. The van der Waals surface area contributed by atoms with Crippen molar-refractivity contribution in [2.75, 3.05) is 37.7 Å². The van der Waals surface area contributed by atoms with Gasteiger partial charge in [-0.05, 0) is 69.7 Å².